The fourth-order valence-corrected chi connectivity index (χ4v) is 1.58. The molecule has 2 rings (SSSR count). The van der Waals surface area contributed by atoms with Gasteiger partial charge in [0.1, 0.15) is 5.75 Å². The van der Waals surface area contributed by atoms with Gasteiger partial charge in [-0.1, -0.05) is 0 Å². The summed E-state index contributed by atoms with van der Waals surface area (Å²) in [6.45, 7) is 2.20. The largest absolute Gasteiger partial charge is 0.494 e. The molecule has 0 aliphatic heterocycles. The van der Waals surface area contributed by atoms with Gasteiger partial charge in [0, 0.05) is 19.6 Å². The third-order valence-corrected chi connectivity index (χ3v) is 2.85. The van der Waals surface area contributed by atoms with Gasteiger partial charge in [-0.3, -0.25) is 0 Å². The molecule has 0 bridgehead atoms. The number of carboxylic acid groups (broad SMARTS) is 1. The van der Waals surface area contributed by atoms with Gasteiger partial charge in [-0.25, -0.2) is 4.79 Å². The predicted octanol–water partition coefficient (Wildman–Crippen LogP) is 2.58. The highest BCUT2D eigenvalue weighted by atomic mass is 16.5. The molecule has 0 spiro atoms. The van der Waals surface area contributed by atoms with E-state index in [-0.39, 0.29) is 5.56 Å². The molecule has 4 nitrogen and oxygen atoms in total. The zero-order chi connectivity index (χ0) is 12.8. The van der Waals surface area contributed by atoms with Crippen molar-refractivity contribution in [2.45, 2.75) is 19.3 Å². The summed E-state index contributed by atoms with van der Waals surface area (Å²) in [6.07, 6.45) is 3.48. The van der Waals surface area contributed by atoms with Crippen LogP contribution in [0.3, 0.4) is 0 Å². The van der Waals surface area contributed by atoms with Gasteiger partial charge in [0.05, 0.1) is 12.2 Å². The van der Waals surface area contributed by atoms with Crippen LogP contribution >= 0.6 is 0 Å². The zero-order valence-electron chi connectivity index (χ0n) is 10.3. The van der Waals surface area contributed by atoms with E-state index in [2.05, 4.69) is 0 Å². The molecule has 1 aromatic rings. The van der Waals surface area contributed by atoms with Crippen LogP contribution in [0.25, 0.3) is 0 Å². The summed E-state index contributed by atoms with van der Waals surface area (Å²) >= 11 is 0. The van der Waals surface area contributed by atoms with Crippen LogP contribution in [0.4, 0.5) is 0 Å². The molecule has 0 saturated heterocycles. The molecule has 0 aromatic heterocycles. The van der Waals surface area contributed by atoms with Crippen molar-refractivity contribution in [1.82, 2.24) is 0 Å². The second kappa shape index (κ2) is 6.40. The quantitative estimate of drug-likeness (QED) is 0.720. The van der Waals surface area contributed by atoms with Gasteiger partial charge in [-0.2, -0.15) is 0 Å². The summed E-state index contributed by atoms with van der Waals surface area (Å²) < 4.78 is 11.0. The van der Waals surface area contributed by atoms with E-state index in [1.807, 2.05) is 0 Å². The molecule has 0 atom stereocenters. The Labute approximate surface area is 107 Å². The molecule has 1 saturated carbocycles. The molecule has 0 unspecified atom stereocenters. The van der Waals surface area contributed by atoms with Crippen LogP contribution in [0.1, 0.15) is 29.6 Å². The summed E-state index contributed by atoms with van der Waals surface area (Å²) in [5.41, 5.74) is 0.273. The van der Waals surface area contributed by atoms with Crippen molar-refractivity contribution in [1.29, 1.82) is 0 Å². The molecule has 1 aromatic carbocycles. The number of aromatic carboxylic acids is 1. The monoisotopic (exact) mass is 250 g/mol. The summed E-state index contributed by atoms with van der Waals surface area (Å²) in [5.74, 6) is 0.576. The van der Waals surface area contributed by atoms with Crippen LogP contribution in [0.2, 0.25) is 0 Å². The van der Waals surface area contributed by atoms with Crippen LogP contribution in [0.5, 0.6) is 5.75 Å². The summed E-state index contributed by atoms with van der Waals surface area (Å²) in [4.78, 5) is 10.6. The maximum atomic E-state index is 10.6. The first-order valence-electron chi connectivity index (χ1n) is 6.29. The van der Waals surface area contributed by atoms with Gasteiger partial charge in [-0.15, -0.1) is 0 Å². The van der Waals surface area contributed by atoms with E-state index < -0.39 is 5.97 Å². The van der Waals surface area contributed by atoms with Crippen LogP contribution in [-0.4, -0.2) is 30.9 Å². The standard InChI is InChI=1S/C14H18O4/c15-14(16)12-4-6-13(7-5-12)18-9-1-8-17-10-11-2-3-11/h4-7,11H,1-3,8-10H2,(H,15,16). The van der Waals surface area contributed by atoms with Crippen molar-refractivity contribution in [3.05, 3.63) is 29.8 Å². The average molecular weight is 250 g/mol. The molecule has 0 radical (unpaired) electrons. The van der Waals surface area contributed by atoms with Crippen LogP contribution in [0, 0.1) is 5.92 Å². The van der Waals surface area contributed by atoms with E-state index in [1.54, 1.807) is 24.3 Å². The molecular weight excluding hydrogens is 232 g/mol. The van der Waals surface area contributed by atoms with E-state index in [4.69, 9.17) is 14.6 Å². The maximum absolute atomic E-state index is 10.6. The number of benzene rings is 1. The van der Waals surface area contributed by atoms with Crippen LogP contribution < -0.4 is 4.74 Å². The third-order valence-electron chi connectivity index (χ3n) is 2.85. The molecule has 1 aliphatic rings. The molecule has 1 fully saturated rings. The summed E-state index contributed by atoms with van der Waals surface area (Å²) in [6, 6.07) is 6.44. The van der Waals surface area contributed by atoms with E-state index >= 15 is 0 Å². The van der Waals surface area contributed by atoms with Crippen molar-refractivity contribution in [3.63, 3.8) is 0 Å². The second-order valence-electron chi connectivity index (χ2n) is 4.55. The highest BCUT2D eigenvalue weighted by Gasteiger charge is 2.20. The Balaban J connectivity index is 1.58. The van der Waals surface area contributed by atoms with Gasteiger partial charge in [-0.05, 0) is 43.0 Å². The summed E-state index contributed by atoms with van der Waals surface area (Å²) in [5, 5.41) is 8.74. The fourth-order valence-electron chi connectivity index (χ4n) is 1.58. The Morgan fingerprint density at radius 1 is 1.22 bits per heavy atom. The molecule has 18 heavy (non-hydrogen) atoms. The topological polar surface area (TPSA) is 55.8 Å². The van der Waals surface area contributed by atoms with Crippen LogP contribution in [-0.2, 0) is 4.74 Å². The van der Waals surface area contributed by atoms with Crippen molar-refractivity contribution >= 4 is 5.97 Å². The van der Waals surface area contributed by atoms with E-state index in [0.29, 0.717) is 12.4 Å². The van der Waals surface area contributed by atoms with Crippen LogP contribution in [0.15, 0.2) is 24.3 Å². The Morgan fingerprint density at radius 3 is 2.56 bits per heavy atom. The lowest BCUT2D eigenvalue weighted by Gasteiger charge is -2.06. The molecule has 98 valence electrons. The first kappa shape index (κ1) is 12.9. The van der Waals surface area contributed by atoms with Gasteiger partial charge in [0.2, 0.25) is 0 Å². The number of rotatable bonds is 8. The predicted molar refractivity (Wildman–Crippen MR) is 67.1 cm³/mol. The number of hydrogen-bond acceptors (Lipinski definition) is 3. The molecule has 4 heteroatoms. The van der Waals surface area contributed by atoms with Gasteiger partial charge in [0.15, 0.2) is 0 Å². The van der Waals surface area contributed by atoms with Crippen molar-refractivity contribution in [2.75, 3.05) is 19.8 Å². The van der Waals surface area contributed by atoms with Crippen molar-refractivity contribution in [2.24, 2.45) is 5.92 Å². The SMILES string of the molecule is O=C(O)c1ccc(OCCCOCC2CC2)cc1. The first-order valence-corrected chi connectivity index (χ1v) is 6.29. The van der Waals surface area contributed by atoms with Gasteiger partial charge >= 0.3 is 5.97 Å². The number of carboxylic acids is 1. The van der Waals surface area contributed by atoms with E-state index in [0.717, 1.165) is 25.6 Å². The molecule has 0 heterocycles. The lowest BCUT2D eigenvalue weighted by atomic mass is 10.2. The smallest absolute Gasteiger partial charge is 0.335 e. The minimum atomic E-state index is -0.921. The Hall–Kier alpha value is -1.55. The van der Waals surface area contributed by atoms with Crippen molar-refractivity contribution in [3.8, 4) is 5.75 Å². The second-order valence-corrected chi connectivity index (χ2v) is 4.55. The Kier molecular flexibility index (Phi) is 4.59. The van der Waals surface area contributed by atoms with Crippen molar-refractivity contribution < 1.29 is 19.4 Å². The number of carbonyl (C=O) groups is 1. The zero-order valence-corrected chi connectivity index (χ0v) is 10.3. The average Bonchev–Trinajstić information content (AvgIpc) is 3.18. The minimum absolute atomic E-state index is 0.273. The Morgan fingerprint density at radius 2 is 1.94 bits per heavy atom. The van der Waals surface area contributed by atoms with E-state index in [9.17, 15) is 4.79 Å². The van der Waals surface area contributed by atoms with E-state index in [1.165, 1.54) is 12.8 Å². The lowest BCUT2D eigenvalue weighted by molar-refractivity contribution is 0.0697. The maximum Gasteiger partial charge on any atom is 0.335 e. The first-order chi connectivity index (χ1) is 8.75. The van der Waals surface area contributed by atoms with Gasteiger partial charge in [0.25, 0.3) is 0 Å². The summed E-state index contributed by atoms with van der Waals surface area (Å²) in [7, 11) is 0. The number of hydrogen-bond donors (Lipinski definition) is 1. The lowest BCUT2D eigenvalue weighted by Crippen LogP contribution is -2.05. The molecule has 1 N–H and O–H groups in total. The molecule has 0 amide bonds. The fraction of sp³-hybridized carbons (Fsp3) is 0.500. The number of ether oxygens (including phenoxy) is 2. The Bertz CT molecular complexity index is 381. The molecular formula is C14H18O4. The third kappa shape index (κ3) is 4.37. The van der Waals surface area contributed by atoms with Gasteiger partial charge < -0.3 is 14.6 Å². The normalized spacial score (nSPS) is 14.4. The molecule has 1 aliphatic carbocycles. The highest BCUT2D eigenvalue weighted by Crippen LogP contribution is 2.28. The minimum Gasteiger partial charge on any atom is -0.494 e. The highest BCUT2D eigenvalue weighted by molar-refractivity contribution is 5.87.